The third-order valence-electron chi connectivity index (χ3n) is 6.37. The van der Waals surface area contributed by atoms with Crippen LogP contribution in [0.15, 0.2) is 35.1 Å². The fourth-order valence-corrected chi connectivity index (χ4v) is 4.82. The zero-order valence-electron chi connectivity index (χ0n) is 17.5. The van der Waals surface area contributed by atoms with Gasteiger partial charge in [-0.15, -0.1) is 0 Å². The summed E-state index contributed by atoms with van der Waals surface area (Å²) in [7, 11) is 1.67. The number of hydrogen-bond acceptors (Lipinski definition) is 5. The van der Waals surface area contributed by atoms with Crippen LogP contribution in [-0.2, 0) is 17.6 Å². The van der Waals surface area contributed by atoms with Crippen LogP contribution in [0, 0.1) is 12.8 Å². The standard InChI is InChI=1S/C23H31N3O3/c1-17-22(24-16-29-17)23(27)26(10-11-28-2)15-18-6-5-9-25(14-18)21-12-19-7-3-4-8-20(19)13-21/h3-4,7-8,16,18,21H,5-6,9-15H2,1-2H3/t18-/m0/s1. The van der Waals surface area contributed by atoms with Gasteiger partial charge in [-0.05, 0) is 56.2 Å². The first-order chi connectivity index (χ1) is 14.2. The molecule has 6 nitrogen and oxygen atoms in total. The van der Waals surface area contributed by atoms with Gasteiger partial charge in [0.1, 0.15) is 5.76 Å². The molecule has 0 unspecified atom stereocenters. The number of hydrogen-bond donors (Lipinski definition) is 0. The van der Waals surface area contributed by atoms with Crippen molar-refractivity contribution < 1.29 is 13.9 Å². The largest absolute Gasteiger partial charge is 0.448 e. The number of methoxy groups -OCH3 is 1. The van der Waals surface area contributed by atoms with Crippen LogP contribution in [0.3, 0.4) is 0 Å². The Morgan fingerprint density at radius 3 is 2.72 bits per heavy atom. The fourth-order valence-electron chi connectivity index (χ4n) is 4.82. The summed E-state index contributed by atoms with van der Waals surface area (Å²) in [4.78, 5) is 21.7. The van der Waals surface area contributed by atoms with Crippen LogP contribution >= 0.6 is 0 Å². The Morgan fingerprint density at radius 1 is 1.31 bits per heavy atom. The first-order valence-electron chi connectivity index (χ1n) is 10.6. The van der Waals surface area contributed by atoms with E-state index in [4.69, 9.17) is 9.15 Å². The second-order valence-electron chi connectivity index (χ2n) is 8.34. The molecule has 1 aromatic heterocycles. The quantitative estimate of drug-likeness (QED) is 0.719. The van der Waals surface area contributed by atoms with E-state index in [1.54, 1.807) is 14.0 Å². The van der Waals surface area contributed by atoms with Crippen molar-refractivity contribution in [2.45, 2.75) is 38.6 Å². The normalized spacial score (nSPS) is 20.0. The number of carbonyl (C=O) groups excluding carboxylic acids is 1. The number of benzene rings is 1. The molecule has 1 amide bonds. The molecule has 1 aliphatic heterocycles. The number of aromatic nitrogens is 1. The molecule has 0 spiro atoms. The van der Waals surface area contributed by atoms with Crippen LogP contribution < -0.4 is 0 Å². The topological polar surface area (TPSA) is 58.8 Å². The molecule has 29 heavy (non-hydrogen) atoms. The Balaban J connectivity index is 1.40. The number of likely N-dealkylation sites (tertiary alicyclic amines) is 1. The number of carbonyl (C=O) groups is 1. The maximum atomic E-state index is 13.0. The number of rotatable bonds is 7. The van der Waals surface area contributed by atoms with Crippen molar-refractivity contribution in [3.8, 4) is 0 Å². The molecular weight excluding hydrogens is 366 g/mol. The molecule has 4 rings (SSSR count). The Kier molecular flexibility index (Phi) is 6.31. The third kappa shape index (κ3) is 4.54. The summed E-state index contributed by atoms with van der Waals surface area (Å²) in [5.74, 6) is 0.991. The van der Waals surface area contributed by atoms with Crippen molar-refractivity contribution in [2.75, 3.05) is 39.9 Å². The maximum Gasteiger partial charge on any atom is 0.276 e. The monoisotopic (exact) mass is 397 g/mol. The van der Waals surface area contributed by atoms with E-state index >= 15 is 0 Å². The van der Waals surface area contributed by atoms with Gasteiger partial charge in [-0.3, -0.25) is 9.69 Å². The summed E-state index contributed by atoms with van der Waals surface area (Å²) in [5.41, 5.74) is 3.41. The molecule has 1 atom stereocenters. The first kappa shape index (κ1) is 20.1. The van der Waals surface area contributed by atoms with Crippen molar-refractivity contribution in [1.29, 1.82) is 0 Å². The van der Waals surface area contributed by atoms with E-state index in [0.29, 0.717) is 36.6 Å². The molecule has 6 heteroatoms. The first-order valence-corrected chi connectivity index (χ1v) is 10.6. The Morgan fingerprint density at radius 2 is 2.07 bits per heavy atom. The van der Waals surface area contributed by atoms with E-state index in [-0.39, 0.29) is 5.91 Å². The summed E-state index contributed by atoms with van der Waals surface area (Å²) < 4.78 is 10.5. The van der Waals surface area contributed by atoms with E-state index in [0.717, 1.165) is 38.9 Å². The zero-order chi connectivity index (χ0) is 20.2. The molecule has 1 aliphatic carbocycles. The lowest BCUT2D eigenvalue weighted by molar-refractivity contribution is 0.0567. The SMILES string of the molecule is COCCN(C[C@H]1CCCN(C2Cc3ccccc3C2)C1)C(=O)c1ncoc1C. The lowest BCUT2D eigenvalue weighted by Crippen LogP contribution is -2.47. The molecule has 156 valence electrons. The van der Waals surface area contributed by atoms with Gasteiger partial charge in [0.2, 0.25) is 0 Å². The second-order valence-corrected chi connectivity index (χ2v) is 8.34. The molecular formula is C23H31N3O3. The highest BCUT2D eigenvalue weighted by atomic mass is 16.5. The van der Waals surface area contributed by atoms with Gasteiger partial charge in [-0.1, -0.05) is 24.3 Å². The predicted molar refractivity (Wildman–Crippen MR) is 111 cm³/mol. The van der Waals surface area contributed by atoms with Crippen molar-refractivity contribution in [3.05, 3.63) is 53.2 Å². The van der Waals surface area contributed by atoms with Crippen LogP contribution in [0.2, 0.25) is 0 Å². The highest BCUT2D eigenvalue weighted by molar-refractivity contribution is 5.93. The van der Waals surface area contributed by atoms with E-state index in [2.05, 4.69) is 34.1 Å². The Labute approximate surface area is 172 Å². The van der Waals surface area contributed by atoms with Crippen LogP contribution in [0.1, 0.15) is 40.2 Å². The highest BCUT2D eigenvalue weighted by Crippen LogP contribution is 2.29. The van der Waals surface area contributed by atoms with Gasteiger partial charge >= 0.3 is 0 Å². The van der Waals surface area contributed by atoms with Crippen molar-refractivity contribution >= 4 is 5.91 Å². The van der Waals surface area contributed by atoms with E-state index in [9.17, 15) is 4.79 Å². The average Bonchev–Trinajstić information content (AvgIpc) is 3.37. The Hall–Kier alpha value is -2.18. The second kappa shape index (κ2) is 9.09. The Bertz CT molecular complexity index is 809. The summed E-state index contributed by atoms with van der Waals surface area (Å²) in [6.07, 6.45) is 5.98. The van der Waals surface area contributed by atoms with Gasteiger partial charge < -0.3 is 14.1 Å². The molecule has 1 fully saturated rings. The van der Waals surface area contributed by atoms with Crippen molar-refractivity contribution in [2.24, 2.45) is 5.92 Å². The van der Waals surface area contributed by atoms with Crippen LogP contribution in [0.4, 0.5) is 0 Å². The summed E-state index contributed by atoms with van der Waals surface area (Å²) in [6, 6.07) is 9.41. The lowest BCUT2D eigenvalue weighted by Gasteiger charge is -2.38. The number of nitrogens with zero attached hydrogens (tertiary/aromatic N) is 3. The smallest absolute Gasteiger partial charge is 0.276 e. The van der Waals surface area contributed by atoms with Gasteiger partial charge in [0.15, 0.2) is 12.1 Å². The molecule has 0 radical (unpaired) electrons. The summed E-state index contributed by atoms with van der Waals surface area (Å²) in [5, 5.41) is 0. The number of ether oxygens (including phenoxy) is 1. The predicted octanol–water partition coefficient (Wildman–Crippen LogP) is 2.95. The minimum absolute atomic E-state index is 0.0568. The van der Waals surface area contributed by atoms with Gasteiger partial charge in [0, 0.05) is 32.8 Å². The summed E-state index contributed by atoms with van der Waals surface area (Å²) in [6.45, 7) is 5.83. The number of aryl methyl sites for hydroxylation is 1. The zero-order valence-corrected chi connectivity index (χ0v) is 17.5. The van der Waals surface area contributed by atoms with Crippen LogP contribution in [0.5, 0.6) is 0 Å². The van der Waals surface area contributed by atoms with Gasteiger partial charge in [-0.25, -0.2) is 4.98 Å². The van der Waals surface area contributed by atoms with Gasteiger partial charge in [0.25, 0.3) is 5.91 Å². The number of oxazole rings is 1. The van der Waals surface area contributed by atoms with Gasteiger partial charge in [-0.2, -0.15) is 0 Å². The molecule has 0 N–H and O–H groups in total. The average molecular weight is 398 g/mol. The van der Waals surface area contributed by atoms with E-state index in [1.165, 1.54) is 23.9 Å². The number of amides is 1. The molecule has 2 aliphatic rings. The number of piperidine rings is 1. The number of fused-ring (bicyclic) bond motifs is 1. The maximum absolute atomic E-state index is 13.0. The summed E-state index contributed by atoms with van der Waals surface area (Å²) >= 11 is 0. The van der Waals surface area contributed by atoms with Gasteiger partial charge in [0.05, 0.1) is 6.61 Å². The lowest BCUT2D eigenvalue weighted by atomic mass is 9.95. The van der Waals surface area contributed by atoms with Crippen molar-refractivity contribution in [3.63, 3.8) is 0 Å². The minimum atomic E-state index is -0.0568. The minimum Gasteiger partial charge on any atom is -0.448 e. The molecule has 1 saturated heterocycles. The highest BCUT2D eigenvalue weighted by Gasteiger charge is 2.32. The third-order valence-corrected chi connectivity index (χ3v) is 6.37. The van der Waals surface area contributed by atoms with E-state index < -0.39 is 0 Å². The van der Waals surface area contributed by atoms with Crippen LogP contribution in [0.25, 0.3) is 0 Å². The van der Waals surface area contributed by atoms with Crippen molar-refractivity contribution in [1.82, 2.24) is 14.8 Å². The molecule has 2 aromatic rings. The molecule has 1 aromatic carbocycles. The van der Waals surface area contributed by atoms with Crippen LogP contribution in [-0.4, -0.2) is 66.6 Å². The van der Waals surface area contributed by atoms with E-state index in [1.807, 2.05) is 4.90 Å². The fraction of sp³-hybridized carbons (Fsp3) is 0.565. The molecule has 0 bridgehead atoms. The molecule has 2 heterocycles. The molecule has 0 saturated carbocycles.